The van der Waals surface area contributed by atoms with Crippen molar-refractivity contribution in [2.24, 2.45) is 0 Å². The molecule has 0 spiro atoms. The van der Waals surface area contributed by atoms with Gasteiger partial charge < -0.3 is 4.48 Å². The third-order valence-electron chi connectivity index (χ3n) is 0.616. The van der Waals surface area contributed by atoms with Gasteiger partial charge in [0.2, 0.25) is 0 Å². The molecule has 0 aliphatic heterocycles. The molecule has 0 bridgehead atoms. The molecule has 10 heavy (non-hydrogen) atoms. The molecule has 62 valence electrons. The Balaban J connectivity index is 3.56. The number of halogens is 3. The topological polar surface area (TPSA) is 0 Å². The van der Waals surface area contributed by atoms with Crippen LogP contribution in [0.2, 0.25) is 0 Å². The molecular weight excluding hydrogens is 163 g/mol. The Kier molecular flexibility index (Phi) is 3.03. The minimum atomic E-state index is -4.09. The Morgan fingerprint density at radius 2 is 1.60 bits per heavy atom. The normalized spacial score (nSPS) is 13.8. The van der Waals surface area contributed by atoms with Gasteiger partial charge in [-0.1, -0.05) is 0 Å². The van der Waals surface area contributed by atoms with E-state index in [0.717, 1.165) is 0 Å². The van der Waals surface area contributed by atoms with Gasteiger partial charge in [0.15, 0.2) is 0 Å². The second kappa shape index (κ2) is 3.00. The number of thioether (sulfide) groups is 1. The fraction of sp³-hybridized carbons (Fsp3) is 1.00. The van der Waals surface area contributed by atoms with E-state index >= 15 is 0 Å². The highest BCUT2D eigenvalue weighted by atomic mass is 32.2. The molecular formula is C5H11F3NS+. The maximum Gasteiger partial charge on any atom is 0.446 e. The zero-order chi connectivity index (χ0) is 8.41. The lowest BCUT2D eigenvalue weighted by Gasteiger charge is -2.23. The summed E-state index contributed by atoms with van der Waals surface area (Å²) in [4.78, 5) is 0. The predicted octanol–water partition coefficient (Wildman–Crippen LogP) is 1.90. The van der Waals surface area contributed by atoms with Gasteiger partial charge in [-0.05, 0) is 0 Å². The van der Waals surface area contributed by atoms with Crippen LogP contribution in [-0.4, -0.2) is 37.0 Å². The Hall–Kier alpha value is 0.100. The molecule has 0 aromatic rings. The van der Waals surface area contributed by atoms with Gasteiger partial charge in [0.25, 0.3) is 0 Å². The van der Waals surface area contributed by atoms with E-state index in [-0.39, 0.29) is 17.6 Å². The van der Waals surface area contributed by atoms with Crippen LogP contribution in [-0.2, 0) is 0 Å². The average Bonchev–Trinajstić information content (AvgIpc) is 1.57. The van der Waals surface area contributed by atoms with E-state index < -0.39 is 5.51 Å². The lowest BCUT2D eigenvalue weighted by molar-refractivity contribution is -0.857. The summed E-state index contributed by atoms with van der Waals surface area (Å²) < 4.78 is 34.9. The van der Waals surface area contributed by atoms with Crippen LogP contribution in [0.15, 0.2) is 0 Å². The minimum Gasteiger partial charge on any atom is -0.322 e. The van der Waals surface area contributed by atoms with Crippen molar-refractivity contribution in [3.8, 4) is 0 Å². The predicted molar refractivity (Wildman–Crippen MR) is 36.5 cm³/mol. The first-order valence-corrected chi connectivity index (χ1v) is 3.70. The zero-order valence-electron chi connectivity index (χ0n) is 6.20. The summed E-state index contributed by atoms with van der Waals surface area (Å²) >= 11 is 0.0127. The quantitative estimate of drug-likeness (QED) is 0.455. The summed E-state index contributed by atoms with van der Waals surface area (Å²) in [6.07, 6.45) is 0. The van der Waals surface area contributed by atoms with Gasteiger partial charge in [0.1, 0.15) is 5.88 Å². The maximum atomic E-state index is 11.5. The summed E-state index contributed by atoms with van der Waals surface area (Å²) in [6, 6.07) is 0. The van der Waals surface area contributed by atoms with E-state index in [9.17, 15) is 13.2 Å². The van der Waals surface area contributed by atoms with Crippen LogP contribution < -0.4 is 0 Å². The van der Waals surface area contributed by atoms with Gasteiger partial charge >= 0.3 is 5.51 Å². The number of nitrogens with zero attached hydrogens (tertiary/aromatic N) is 1. The molecule has 0 aliphatic rings. The van der Waals surface area contributed by atoms with Crippen LogP contribution in [0, 0.1) is 0 Å². The fourth-order valence-corrected chi connectivity index (χ4v) is 0.801. The third kappa shape index (κ3) is 8.10. The molecule has 0 unspecified atom stereocenters. The average molecular weight is 174 g/mol. The van der Waals surface area contributed by atoms with Gasteiger partial charge in [-0.15, -0.1) is 0 Å². The molecule has 0 amide bonds. The van der Waals surface area contributed by atoms with Crippen molar-refractivity contribution in [1.82, 2.24) is 0 Å². The largest absolute Gasteiger partial charge is 0.446 e. The Morgan fingerprint density at radius 1 is 1.20 bits per heavy atom. The summed E-state index contributed by atoms with van der Waals surface area (Å²) in [5, 5.41) is 0. The van der Waals surface area contributed by atoms with E-state index in [0.29, 0.717) is 4.48 Å². The second-order valence-electron chi connectivity index (χ2n) is 3.01. The summed E-state index contributed by atoms with van der Waals surface area (Å²) in [6.45, 7) is 0. The highest BCUT2D eigenvalue weighted by molar-refractivity contribution is 7.99. The van der Waals surface area contributed by atoms with E-state index in [2.05, 4.69) is 0 Å². The summed E-state index contributed by atoms with van der Waals surface area (Å²) in [5.74, 6) is 0.0590. The van der Waals surface area contributed by atoms with E-state index in [4.69, 9.17) is 0 Å². The van der Waals surface area contributed by atoms with E-state index in [1.54, 1.807) is 21.1 Å². The highest BCUT2D eigenvalue weighted by Crippen LogP contribution is 2.30. The van der Waals surface area contributed by atoms with Crippen molar-refractivity contribution >= 4 is 11.8 Å². The Bertz CT molecular complexity index is 90.4. The summed E-state index contributed by atoms with van der Waals surface area (Å²) in [5.41, 5.74) is -4.09. The van der Waals surface area contributed by atoms with Crippen molar-refractivity contribution < 1.29 is 17.7 Å². The van der Waals surface area contributed by atoms with E-state index in [1.807, 2.05) is 0 Å². The molecule has 0 fully saturated rings. The molecule has 0 aromatic carbocycles. The van der Waals surface area contributed by atoms with Gasteiger partial charge in [-0.3, -0.25) is 0 Å². The molecule has 0 saturated heterocycles. The Morgan fingerprint density at radius 3 is 1.70 bits per heavy atom. The molecule has 1 nitrogen and oxygen atoms in total. The van der Waals surface area contributed by atoms with Gasteiger partial charge in [0, 0.05) is 11.8 Å². The van der Waals surface area contributed by atoms with Crippen LogP contribution in [0.5, 0.6) is 0 Å². The number of quaternary nitrogens is 1. The van der Waals surface area contributed by atoms with Gasteiger partial charge in [-0.2, -0.15) is 13.2 Å². The number of hydrogen-bond acceptors (Lipinski definition) is 1. The summed E-state index contributed by atoms with van der Waals surface area (Å²) in [7, 11) is 5.16. The van der Waals surface area contributed by atoms with Crippen LogP contribution in [0.25, 0.3) is 0 Å². The van der Waals surface area contributed by atoms with Crippen molar-refractivity contribution in [2.75, 3.05) is 27.0 Å². The molecule has 0 heterocycles. The molecule has 0 radical (unpaired) electrons. The smallest absolute Gasteiger partial charge is 0.322 e. The van der Waals surface area contributed by atoms with Gasteiger partial charge in [-0.25, -0.2) is 0 Å². The third-order valence-corrected chi connectivity index (χ3v) is 1.85. The minimum absolute atomic E-state index is 0.0127. The van der Waals surface area contributed by atoms with Crippen molar-refractivity contribution in [3.05, 3.63) is 0 Å². The SMILES string of the molecule is C[N+](C)(C)CSC(F)(F)F. The molecule has 0 saturated carbocycles. The second-order valence-corrected chi connectivity index (χ2v) is 4.02. The van der Waals surface area contributed by atoms with E-state index in [1.165, 1.54) is 0 Å². The highest BCUT2D eigenvalue weighted by Gasteiger charge is 2.31. The van der Waals surface area contributed by atoms with Crippen molar-refractivity contribution in [1.29, 1.82) is 0 Å². The first-order valence-electron chi connectivity index (χ1n) is 2.72. The lowest BCUT2D eigenvalue weighted by Crippen LogP contribution is -2.34. The number of alkyl halides is 3. The monoisotopic (exact) mass is 174 g/mol. The standard InChI is InChI=1S/C5H11F3NS/c1-9(2,3)4-10-5(6,7)8/h4H2,1-3H3/q+1. The Labute approximate surface area is 62.8 Å². The van der Waals surface area contributed by atoms with Crippen LogP contribution in [0.1, 0.15) is 0 Å². The van der Waals surface area contributed by atoms with Crippen molar-refractivity contribution in [2.45, 2.75) is 5.51 Å². The number of hydrogen-bond donors (Lipinski definition) is 0. The van der Waals surface area contributed by atoms with Crippen LogP contribution in [0.3, 0.4) is 0 Å². The zero-order valence-corrected chi connectivity index (χ0v) is 7.01. The molecule has 5 heteroatoms. The first-order chi connectivity index (χ1) is 4.21. The molecule has 0 aromatic heterocycles. The van der Waals surface area contributed by atoms with Gasteiger partial charge in [0.05, 0.1) is 21.1 Å². The maximum absolute atomic E-state index is 11.5. The van der Waals surface area contributed by atoms with Crippen molar-refractivity contribution in [3.63, 3.8) is 0 Å². The first kappa shape index (κ1) is 10.1. The molecule has 0 aliphatic carbocycles. The number of rotatable bonds is 2. The molecule has 0 N–H and O–H groups in total. The fourth-order valence-electron chi connectivity index (χ4n) is 0.267. The van der Waals surface area contributed by atoms with Crippen LogP contribution >= 0.6 is 11.8 Å². The molecule has 0 atom stereocenters. The lowest BCUT2D eigenvalue weighted by atomic mass is 10.8. The molecule has 0 rings (SSSR count). The van der Waals surface area contributed by atoms with Crippen LogP contribution in [0.4, 0.5) is 13.2 Å².